The minimum Gasteiger partial charge on any atom is -0.361 e. The highest BCUT2D eigenvalue weighted by molar-refractivity contribution is 6.76. The molecule has 1 aliphatic carbocycles. The summed E-state index contributed by atoms with van der Waals surface area (Å²) in [7, 11) is -1.13. The zero-order valence-electron chi connectivity index (χ0n) is 19.8. The van der Waals surface area contributed by atoms with E-state index in [1.165, 1.54) is 12.8 Å². The Labute approximate surface area is 192 Å². The predicted molar refractivity (Wildman–Crippen MR) is 129 cm³/mol. The third kappa shape index (κ3) is 4.69. The number of anilines is 1. The second-order valence-corrected chi connectivity index (χ2v) is 16.2. The van der Waals surface area contributed by atoms with Crippen LogP contribution in [0.15, 0.2) is 18.5 Å². The molecule has 1 saturated carbocycles. The molecule has 7 nitrogen and oxygen atoms in total. The Balaban J connectivity index is 1.65. The van der Waals surface area contributed by atoms with Crippen LogP contribution >= 0.6 is 0 Å². The number of carbonyl (C=O) groups excluding carboxylic acids is 1. The molecule has 172 valence electrons. The number of ether oxygens (including phenoxy) is 1. The highest BCUT2D eigenvalue weighted by Crippen LogP contribution is 2.39. The van der Waals surface area contributed by atoms with Crippen molar-refractivity contribution in [2.24, 2.45) is 5.92 Å². The fourth-order valence-electron chi connectivity index (χ4n) is 4.78. The Morgan fingerprint density at radius 1 is 1.25 bits per heavy atom. The lowest BCUT2D eigenvalue weighted by molar-refractivity contribution is 0.0754. The van der Waals surface area contributed by atoms with E-state index in [1.807, 2.05) is 10.8 Å². The van der Waals surface area contributed by atoms with E-state index in [1.54, 1.807) is 11.1 Å². The molecule has 0 N–H and O–H groups in total. The molecule has 2 aliphatic rings. The summed E-state index contributed by atoms with van der Waals surface area (Å²) in [5, 5.41) is 10.3. The summed E-state index contributed by atoms with van der Waals surface area (Å²) in [6.07, 6.45) is 8.32. The largest absolute Gasteiger partial charge is 0.361 e. The van der Waals surface area contributed by atoms with Crippen LogP contribution in [0.3, 0.4) is 0 Å². The van der Waals surface area contributed by atoms with Crippen LogP contribution < -0.4 is 4.90 Å². The van der Waals surface area contributed by atoms with Crippen LogP contribution in [0.4, 0.5) is 5.69 Å². The van der Waals surface area contributed by atoms with E-state index in [2.05, 4.69) is 48.6 Å². The average molecular weight is 454 g/mol. The van der Waals surface area contributed by atoms with E-state index in [9.17, 15) is 10.1 Å². The van der Waals surface area contributed by atoms with Gasteiger partial charge < -0.3 is 19.1 Å². The van der Waals surface area contributed by atoms with Gasteiger partial charge >= 0.3 is 0 Å². The van der Waals surface area contributed by atoms with E-state index in [0.717, 1.165) is 48.1 Å². The van der Waals surface area contributed by atoms with Gasteiger partial charge in [0.05, 0.1) is 24.0 Å². The summed E-state index contributed by atoms with van der Waals surface area (Å²) in [5.74, 6) is 0.648. The van der Waals surface area contributed by atoms with Crippen molar-refractivity contribution in [2.45, 2.75) is 71.1 Å². The molecule has 0 unspecified atom stereocenters. The predicted octanol–water partition coefficient (Wildman–Crippen LogP) is 4.67. The lowest BCUT2D eigenvalue weighted by Gasteiger charge is -2.44. The van der Waals surface area contributed by atoms with Gasteiger partial charge in [0.1, 0.15) is 18.9 Å². The normalized spacial score (nSPS) is 21.7. The van der Waals surface area contributed by atoms with Crippen molar-refractivity contribution in [3.63, 3.8) is 0 Å². The summed E-state index contributed by atoms with van der Waals surface area (Å²) in [4.78, 5) is 21.8. The highest BCUT2D eigenvalue weighted by atomic mass is 28.3. The number of carbonyl (C=O) groups is 1. The smallest absolute Gasteiger partial charge is 0.259 e. The lowest BCUT2D eigenvalue weighted by atomic mass is 9.86. The first-order chi connectivity index (χ1) is 15.3. The van der Waals surface area contributed by atoms with Crippen LogP contribution in [-0.4, -0.2) is 54.3 Å². The SMILES string of the molecule is CC1CCC(N2CN(CC#N)C(=O)c3cnc4c(ccn4COCC[Si](C)(C)C)c32)CC1. The summed E-state index contributed by atoms with van der Waals surface area (Å²) in [6.45, 7) is 11.2. The van der Waals surface area contributed by atoms with Crippen LogP contribution in [0, 0.1) is 17.2 Å². The van der Waals surface area contributed by atoms with Gasteiger partial charge in [-0.05, 0) is 43.7 Å². The lowest BCUT2D eigenvalue weighted by Crippen LogP contribution is -2.51. The molecule has 4 rings (SSSR count). The number of hydrogen-bond acceptors (Lipinski definition) is 5. The monoisotopic (exact) mass is 453 g/mol. The molecule has 0 aromatic carbocycles. The molecule has 2 aromatic heterocycles. The van der Waals surface area contributed by atoms with Crippen molar-refractivity contribution in [1.29, 1.82) is 5.26 Å². The fraction of sp³-hybridized carbons (Fsp3) is 0.625. The van der Waals surface area contributed by atoms with Gasteiger partial charge in [-0.15, -0.1) is 0 Å². The minimum atomic E-state index is -1.13. The molecule has 0 bridgehead atoms. The van der Waals surface area contributed by atoms with E-state index >= 15 is 0 Å². The number of rotatable bonds is 7. The van der Waals surface area contributed by atoms with Crippen LogP contribution in [0.2, 0.25) is 25.7 Å². The van der Waals surface area contributed by atoms with E-state index < -0.39 is 8.07 Å². The molecule has 1 amide bonds. The van der Waals surface area contributed by atoms with Gasteiger partial charge in [-0.1, -0.05) is 26.6 Å². The molecule has 2 aromatic rings. The molecule has 8 heteroatoms. The zero-order chi connectivity index (χ0) is 22.9. The summed E-state index contributed by atoms with van der Waals surface area (Å²) in [6, 6.07) is 5.72. The van der Waals surface area contributed by atoms with Crippen molar-refractivity contribution in [1.82, 2.24) is 14.5 Å². The van der Waals surface area contributed by atoms with Crippen molar-refractivity contribution in [3.05, 3.63) is 24.0 Å². The van der Waals surface area contributed by atoms with Crippen LogP contribution in [0.25, 0.3) is 11.0 Å². The van der Waals surface area contributed by atoms with Crippen LogP contribution in [-0.2, 0) is 11.5 Å². The third-order valence-electron chi connectivity index (χ3n) is 6.80. The Morgan fingerprint density at radius 3 is 2.69 bits per heavy atom. The van der Waals surface area contributed by atoms with Gasteiger partial charge in [0.15, 0.2) is 0 Å². The number of nitrogens with zero attached hydrogens (tertiary/aromatic N) is 5. The Morgan fingerprint density at radius 2 is 2.00 bits per heavy atom. The van der Waals surface area contributed by atoms with Crippen molar-refractivity contribution in [3.8, 4) is 6.07 Å². The quantitative estimate of drug-likeness (QED) is 0.346. The summed E-state index contributed by atoms with van der Waals surface area (Å²) < 4.78 is 8.00. The van der Waals surface area contributed by atoms with E-state index in [4.69, 9.17) is 4.74 Å². The number of nitriles is 1. The second kappa shape index (κ2) is 9.24. The van der Waals surface area contributed by atoms with Crippen LogP contribution in [0.5, 0.6) is 0 Å². The molecule has 3 heterocycles. The summed E-state index contributed by atoms with van der Waals surface area (Å²) in [5.41, 5.74) is 2.44. The van der Waals surface area contributed by atoms with Gasteiger partial charge in [0, 0.05) is 38.5 Å². The van der Waals surface area contributed by atoms with Gasteiger partial charge in [0.25, 0.3) is 5.91 Å². The summed E-state index contributed by atoms with van der Waals surface area (Å²) >= 11 is 0. The average Bonchev–Trinajstić information content (AvgIpc) is 3.16. The van der Waals surface area contributed by atoms with Gasteiger partial charge in [-0.25, -0.2) is 4.98 Å². The number of fused-ring (bicyclic) bond motifs is 3. The Bertz CT molecular complexity index is 1010. The van der Waals surface area contributed by atoms with Crippen molar-refractivity contribution >= 4 is 30.7 Å². The number of pyridine rings is 1. The highest BCUT2D eigenvalue weighted by Gasteiger charge is 2.36. The van der Waals surface area contributed by atoms with Gasteiger partial charge in [-0.2, -0.15) is 5.26 Å². The Hall–Kier alpha value is -2.37. The maximum Gasteiger partial charge on any atom is 0.259 e. The number of aromatic nitrogens is 2. The van der Waals surface area contributed by atoms with Crippen molar-refractivity contribution in [2.75, 3.05) is 24.7 Å². The maximum atomic E-state index is 13.1. The molecule has 32 heavy (non-hydrogen) atoms. The molecular formula is C24H35N5O2Si. The molecule has 1 aliphatic heterocycles. The molecule has 0 saturated heterocycles. The third-order valence-corrected chi connectivity index (χ3v) is 8.51. The maximum absolute atomic E-state index is 13.1. The topological polar surface area (TPSA) is 74.4 Å². The Kier molecular flexibility index (Phi) is 6.59. The zero-order valence-corrected chi connectivity index (χ0v) is 20.8. The molecule has 1 fully saturated rings. The molecule has 0 atom stereocenters. The van der Waals surface area contributed by atoms with E-state index in [0.29, 0.717) is 25.0 Å². The first-order valence-corrected chi connectivity index (χ1v) is 15.5. The van der Waals surface area contributed by atoms with Crippen LogP contribution in [0.1, 0.15) is 43.0 Å². The van der Waals surface area contributed by atoms with E-state index in [-0.39, 0.29) is 12.5 Å². The number of hydrogen-bond donors (Lipinski definition) is 0. The van der Waals surface area contributed by atoms with Gasteiger partial charge in [-0.3, -0.25) is 4.79 Å². The molecule has 0 radical (unpaired) electrons. The molecular weight excluding hydrogens is 418 g/mol. The fourth-order valence-corrected chi connectivity index (χ4v) is 5.54. The first-order valence-electron chi connectivity index (χ1n) is 11.8. The minimum absolute atomic E-state index is 0.0991. The van der Waals surface area contributed by atoms with Crippen molar-refractivity contribution < 1.29 is 9.53 Å². The van der Waals surface area contributed by atoms with Gasteiger partial charge in [0.2, 0.25) is 0 Å². The molecule has 0 spiro atoms. The first kappa shape index (κ1) is 22.8. The standard InChI is InChI=1S/C24H35N5O2Si/c1-18-5-7-19(8-6-18)29-16-27(12-10-25)24(30)21-15-26-23-20(22(21)29)9-11-28(23)17-31-13-14-32(2,3)4/h9,11,15,18-19H,5-8,12-14,16-17H2,1-4H3. The second-order valence-electron chi connectivity index (χ2n) is 10.6. The number of amides is 1.